The van der Waals surface area contributed by atoms with Crippen LogP contribution in [0.5, 0.6) is 0 Å². The Balaban J connectivity index is 1.97. The van der Waals surface area contributed by atoms with Crippen molar-refractivity contribution in [2.24, 2.45) is 0 Å². The molecule has 2 aromatic carbocycles. The first-order chi connectivity index (χ1) is 12.5. The van der Waals surface area contributed by atoms with Crippen molar-refractivity contribution >= 4 is 29.6 Å². The summed E-state index contributed by atoms with van der Waals surface area (Å²) in [6.45, 7) is -0.0208. The van der Waals surface area contributed by atoms with Gasteiger partial charge in [-0.05, 0) is 17.7 Å². The molecular formula is C18H13N3O5. The summed E-state index contributed by atoms with van der Waals surface area (Å²) >= 11 is 0. The number of hydrogen-bond donors (Lipinski definition) is 1. The summed E-state index contributed by atoms with van der Waals surface area (Å²) in [6.07, 6.45) is 1.13. The Bertz CT molecular complexity index is 937. The summed E-state index contributed by atoms with van der Waals surface area (Å²) in [6, 6.07) is 13.7. The van der Waals surface area contributed by atoms with Crippen LogP contribution in [0.3, 0.4) is 0 Å². The molecule has 1 saturated heterocycles. The second-order valence-electron chi connectivity index (χ2n) is 5.51. The molecule has 0 radical (unpaired) electrons. The van der Waals surface area contributed by atoms with Gasteiger partial charge in [0.2, 0.25) is 0 Å². The first-order valence-corrected chi connectivity index (χ1v) is 7.63. The predicted molar refractivity (Wildman–Crippen MR) is 91.6 cm³/mol. The van der Waals surface area contributed by atoms with Crippen LogP contribution in [0.2, 0.25) is 0 Å². The molecule has 3 rings (SSSR count). The molecule has 26 heavy (non-hydrogen) atoms. The van der Waals surface area contributed by atoms with Crippen LogP contribution in [0.25, 0.3) is 6.08 Å². The van der Waals surface area contributed by atoms with Crippen LogP contribution in [0.1, 0.15) is 11.1 Å². The van der Waals surface area contributed by atoms with Gasteiger partial charge in [-0.2, -0.15) is 0 Å². The van der Waals surface area contributed by atoms with E-state index < -0.39 is 22.8 Å². The minimum absolute atomic E-state index is 0.0208. The molecule has 0 atom stereocenters. The lowest BCUT2D eigenvalue weighted by molar-refractivity contribution is -0.385. The van der Waals surface area contributed by atoms with E-state index >= 15 is 0 Å². The SMILES string of the molecule is O=C1NC(=O)N(Cc2ccccc2)C(=O)C1=Cc1ccccc1[N+](=O)[O-]. The summed E-state index contributed by atoms with van der Waals surface area (Å²) in [4.78, 5) is 48.1. The minimum Gasteiger partial charge on any atom is -0.273 e. The van der Waals surface area contributed by atoms with Gasteiger partial charge in [0.05, 0.1) is 17.0 Å². The van der Waals surface area contributed by atoms with Gasteiger partial charge in [0.1, 0.15) is 5.57 Å². The van der Waals surface area contributed by atoms with Crippen molar-refractivity contribution in [1.82, 2.24) is 10.2 Å². The van der Waals surface area contributed by atoms with Gasteiger partial charge in [-0.15, -0.1) is 0 Å². The molecule has 1 aliphatic heterocycles. The highest BCUT2D eigenvalue weighted by Crippen LogP contribution is 2.23. The topological polar surface area (TPSA) is 110 Å². The molecule has 130 valence electrons. The number of hydrogen-bond acceptors (Lipinski definition) is 5. The van der Waals surface area contributed by atoms with Gasteiger partial charge >= 0.3 is 6.03 Å². The highest BCUT2D eigenvalue weighted by Gasteiger charge is 2.36. The molecule has 2 aromatic rings. The summed E-state index contributed by atoms with van der Waals surface area (Å²) in [7, 11) is 0. The molecule has 4 amide bonds. The summed E-state index contributed by atoms with van der Waals surface area (Å²) in [5.41, 5.74) is 0.224. The molecule has 1 aliphatic rings. The Morgan fingerprint density at radius 2 is 1.65 bits per heavy atom. The largest absolute Gasteiger partial charge is 0.331 e. The summed E-state index contributed by atoms with van der Waals surface area (Å²) in [5.74, 6) is -1.69. The predicted octanol–water partition coefficient (Wildman–Crippen LogP) is 2.26. The third-order valence-corrected chi connectivity index (χ3v) is 3.80. The Morgan fingerprint density at radius 1 is 1.00 bits per heavy atom. The second kappa shape index (κ2) is 6.98. The average Bonchev–Trinajstić information content (AvgIpc) is 2.63. The number of barbiturate groups is 1. The molecule has 1 heterocycles. The number of benzene rings is 2. The molecule has 8 heteroatoms. The number of nitrogens with one attached hydrogen (secondary N) is 1. The molecule has 8 nitrogen and oxygen atoms in total. The lowest BCUT2D eigenvalue weighted by Crippen LogP contribution is -2.53. The Hall–Kier alpha value is -3.81. The van der Waals surface area contributed by atoms with Gasteiger partial charge in [-0.3, -0.25) is 29.9 Å². The van der Waals surface area contributed by atoms with Crippen LogP contribution in [-0.2, 0) is 16.1 Å². The van der Waals surface area contributed by atoms with Gasteiger partial charge in [0.15, 0.2) is 0 Å². The van der Waals surface area contributed by atoms with E-state index in [4.69, 9.17) is 0 Å². The lowest BCUT2D eigenvalue weighted by Gasteiger charge is -2.26. The number of nitro groups is 1. The number of carbonyl (C=O) groups excluding carboxylic acids is 3. The summed E-state index contributed by atoms with van der Waals surface area (Å²) < 4.78 is 0. The van der Waals surface area contributed by atoms with Gasteiger partial charge < -0.3 is 0 Å². The zero-order valence-electron chi connectivity index (χ0n) is 13.4. The third kappa shape index (κ3) is 3.34. The van der Waals surface area contributed by atoms with E-state index in [2.05, 4.69) is 5.32 Å². The smallest absolute Gasteiger partial charge is 0.273 e. The van der Waals surface area contributed by atoms with E-state index in [-0.39, 0.29) is 23.4 Å². The van der Waals surface area contributed by atoms with Crippen molar-refractivity contribution in [1.29, 1.82) is 0 Å². The van der Waals surface area contributed by atoms with Gasteiger partial charge in [0, 0.05) is 6.07 Å². The van der Waals surface area contributed by atoms with Crippen molar-refractivity contribution in [3.63, 3.8) is 0 Å². The van der Waals surface area contributed by atoms with Crippen LogP contribution in [-0.4, -0.2) is 27.7 Å². The molecule has 1 fully saturated rings. The lowest BCUT2D eigenvalue weighted by atomic mass is 10.1. The number of urea groups is 1. The molecule has 0 spiro atoms. The minimum atomic E-state index is -0.887. The Kier molecular flexibility index (Phi) is 4.57. The number of rotatable bonds is 4. The van der Waals surface area contributed by atoms with E-state index in [1.807, 2.05) is 0 Å². The molecule has 0 bridgehead atoms. The zero-order chi connectivity index (χ0) is 18.7. The van der Waals surface area contributed by atoms with E-state index in [1.165, 1.54) is 18.2 Å². The number of carbonyl (C=O) groups is 3. The van der Waals surface area contributed by atoms with Gasteiger partial charge in [-0.25, -0.2) is 4.79 Å². The molecule has 0 aromatic heterocycles. The fourth-order valence-electron chi connectivity index (χ4n) is 2.53. The highest BCUT2D eigenvalue weighted by atomic mass is 16.6. The first kappa shape index (κ1) is 17.0. The maximum atomic E-state index is 12.6. The van der Waals surface area contributed by atoms with E-state index in [0.29, 0.717) is 5.56 Å². The standard InChI is InChI=1S/C18H13N3O5/c22-16-14(10-13-8-4-5-9-15(13)21(25)26)17(23)20(18(24)19-16)11-12-6-2-1-3-7-12/h1-10H,11H2,(H,19,22,24). The molecule has 1 N–H and O–H groups in total. The molecule has 0 aliphatic carbocycles. The fourth-order valence-corrected chi connectivity index (χ4v) is 2.53. The van der Waals surface area contributed by atoms with E-state index in [0.717, 1.165) is 11.0 Å². The van der Waals surface area contributed by atoms with E-state index in [9.17, 15) is 24.5 Å². The van der Waals surface area contributed by atoms with Crippen molar-refractivity contribution in [3.8, 4) is 0 Å². The number of amides is 4. The summed E-state index contributed by atoms with van der Waals surface area (Å²) in [5, 5.41) is 13.2. The number of imide groups is 2. The van der Waals surface area contributed by atoms with Crippen LogP contribution in [0, 0.1) is 10.1 Å². The maximum Gasteiger partial charge on any atom is 0.331 e. The van der Waals surface area contributed by atoms with Crippen LogP contribution in [0.15, 0.2) is 60.2 Å². The highest BCUT2D eigenvalue weighted by molar-refractivity contribution is 6.31. The Morgan fingerprint density at radius 3 is 2.35 bits per heavy atom. The number of nitrogens with zero attached hydrogens (tertiary/aromatic N) is 2. The van der Waals surface area contributed by atoms with Crippen molar-refractivity contribution in [2.45, 2.75) is 6.54 Å². The molecule has 0 saturated carbocycles. The monoisotopic (exact) mass is 351 g/mol. The maximum absolute atomic E-state index is 12.6. The van der Waals surface area contributed by atoms with E-state index in [1.54, 1.807) is 36.4 Å². The van der Waals surface area contributed by atoms with Gasteiger partial charge in [-0.1, -0.05) is 42.5 Å². The second-order valence-corrected chi connectivity index (χ2v) is 5.51. The normalized spacial score (nSPS) is 15.9. The number of nitro benzene ring substituents is 1. The zero-order valence-corrected chi connectivity index (χ0v) is 13.4. The van der Waals surface area contributed by atoms with Crippen LogP contribution < -0.4 is 5.32 Å². The first-order valence-electron chi connectivity index (χ1n) is 7.63. The molecular weight excluding hydrogens is 338 g/mol. The number of para-hydroxylation sites is 1. The third-order valence-electron chi connectivity index (χ3n) is 3.80. The Labute approximate surface area is 147 Å². The quantitative estimate of drug-likeness (QED) is 0.393. The van der Waals surface area contributed by atoms with Crippen molar-refractivity contribution in [3.05, 3.63) is 81.4 Å². The van der Waals surface area contributed by atoms with Crippen LogP contribution >= 0.6 is 0 Å². The fraction of sp³-hybridized carbons (Fsp3) is 0.0556. The average molecular weight is 351 g/mol. The van der Waals surface area contributed by atoms with Gasteiger partial charge in [0.25, 0.3) is 17.5 Å². The molecule has 0 unspecified atom stereocenters. The van der Waals surface area contributed by atoms with Crippen molar-refractivity contribution in [2.75, 3.05) is 0 Å². The van der Waals surface area contributed by atoms with Crippen LogP contribution in [0.4, 0.5) is 10.5 Å². The van der Waals surface area contributed by atoms with Crippen molar-refractivity contribution < 1.29 is 19.3 Å².